The molecule has 3 amide bonds. The minimum Gasteiger partial charge on any atom is -0.496 e. The molecule has 6 atom stereocenters. The number of β-amino-alcohol motifs (C(OH)–C–C–N with tert-alkyl or cyclic N) is 2. The zero-order valence-electron chi connectivity index (χ0n) is 44.8. The Labute approximate surface area is 442 Å². The first-order chi connectivity index (χ1) is 36.3. The summed E-state index contributed by atoms with van der Waals surface area (Å²) in [4.78, 5) is 69.9. The van der Waals surface area contributed by atoms with Crippen molar-refractivity contribution >= 4 is 45.3 Å². The van der Waals surface area contributed by atoms with Crippen molar-refractivity contribution in [3.8, 4) is 11.5 Å². The number of halogens is 2. The minimum atomic E-state index is -0.669. The van der Waals surface area contributed by atoms with Gasteiger partial charge >= 0.3 is 0 Å². The highest BCUT2D eigenvalue weighted by atomic mass is 19.1. The number of ether oxygens (including phenoxy) is 2. The number of nitrogens with one attached hydrogen (secondary N) is 3. The van der Waals surface area contributed by atoms with Crippen molar-refractivity contribution < 1.29 is 47.6 Å². The Morgan fingerprint density at radius 1 is 0.632 bits per heavy atom. The molecule has 4 saturated heterocycles. The molecule has 6 heterocycles. The molecule has 0 saturated carbocycles. The number of piperazine rings is 2. The van der Waals surface area contributed by atoms with E-state index in [9.17, 15) is 33.1 Å². The van der Waals surface area contributed by atoms with Crippen LogP contribution in [0.25, 0.3) is 21.8 Å². The van der Waals surface area contributed by atoms with E-state index in [2.05, 4.69) is 45.9 Å². The Morgan fingerprint density at radius 2 is 1.16 bits per heavy atom. The van der Waals surface area contributed by atoms with E-state index in [1.54, 1.807) is 38.3 Å². The third-order valence-corrected chi connectivity index (χ3v) is 15.1. The molecule has 4 aromatic carbocycles. The molecule has 0 spiro atoms. The van der Waals surface area contributed by atoms with E-state index < -0.39 is 17.8 Å². The molecule has 406 valence electrons. The molecule has 4 aliphatic rings. The van der Waals surface area contributed by atoms with Gasteiger partial charge in [0.05, 0.1) is 48.6 Å². The molecule has 0 aliphatic carbocycles. The van der Waals surface area contributed by atoms with Crippen molar-refractivity contribution in [1.82, 2.24) is 39.8 Å². The Kier molecular flexibility index (Phi) is 17.6. The van der Waals surface area contributed by atoms with Gasteiger partial charge in [-0.05, 0) is 115 Å². The number of H-pyrrole nitrogens is 2. The summed E-state index contributed by atoms with van der Waals surface area (Å²) in [6, 6.07) is 22.5. The van der Waals surface area contributed by atoms with E-state index in [0.717, 1.165) is 60.3 Å². The maximum atomic E-state index is 13.9. The van der Waals surface area contributed by atoms with E-state index >= 15 is 0 Å². The lowest BCUT2D eigenvalue weighted by molar-refractivity contribution is -0.125. The van der Waals surface area contributed by atoms with E-state index in [1.165, 1.54) is 36.3 Å². The Morgan fingerprint density at radius 3 is 1.62 bits per heavy atom. The summed E-state index contributed by atoms with van der Waals surface area (Å²) in [5, 5.41) is 23.0. The fourth-order valence-electron chi connectivity index (χ4n) is 10.8. The molecule has 4 fully saturated rings. The third kappa shape index (κ3) is 12.6. The van der Waals surface area contributed by atoms with Gasteiger partial charge in [-0.1, -0.05) is 24.3 Å². The number of likely N-dealkylation sites (tertiary alicyclic amines) is 1. The van der Waals surface area contributed by atoms with Crippen LogP contribution in [-0.4, -0.2) is 171 Å². The number of hydrogen-bond acceptors (Lipinski definition) is 11. The maximum Gasteiger partial charge on any atom is 0.295 e. The van der Waals surface area contributed by atoms with Crippen LogP contribution in [0.5, 0.6) is 11.5 Å². The number of ketones is 1. The predicted molar refractivity (Wildman–Crippen MR) is 288 cm³/mol. The van der Waals surface area contributed by atoms with Gasteiger partial charge in [-0.15, -0.1) is 0 Å². The third-order valence-electron chi connectivity index (χ3n) is 15.1. The summed E-state index contributed by atoms with van der Waals surface area (Å²) in [5.74, 6) is -1.09. The number of aryl methyl sites for hydroxylation is 2. The molecule has 16 nitrogen and oxygen atoms in total. The van der Waals surface area contributed by atoms with Gasteiger partial charge in [-0.25, -0.2) is 8.78 Å². The lowest BCUT2D eigenvalue weighted by atomic mass is 10.0. The van der Waals surface area contributed by atoms with Crippen LogP contribution in [0.2, 0.25) is 0 Å². The monoisotopic (exact) mass is 1050 g/mol. The highest BCUT2D eigenvalue weighted by molar-refractivity contribution is 6.45. The Hall–Kier alpha value is -6.70. The van der Waals surface area contributed by atoms with Crippen LogP contribution in [0.4, 0.5) is 8.78 Å². The molecule has 0 unspecified atom stereocenters. The normalized spacial score (nSPS) is 22.0. The number of amides is 3. The van der Waals surface area contributed by atoms with Gasteiger partial charge in [0, 0.05) is 123 Å². The number of methoxy groups -OCH3 is 2. The molecule has 5 N–H and O–H groups in total. The number of aromatic amines is 2. The average molecular weight is 1050 g/mol. The number of hydrogen-bond donors (Lipinski definition) is 5. The van der Waals surface area contributed by atoms with Gasteiger partial charge in [0.25, 0.3) is 23.5 Å². The molecule has 18 heteroatoms. The zero-order valence-corrected chi connectivity index (χ0v) is 44.8. The Balaban J connectivity index is 0.000000187. The molecule has 2 aromatic heterocycles. The van der Waals surface area contributed by atoms with Crippen molar-refractivity contribution in [2.24, 2.45) is 0 Å². The number of carbonyl (C=O) groups is 4. The van der Waals surface area contributed by atoms with Gasteiger partial charge < -0.3 is 49.7 Å². The summed E-state index contributed by atoms with van der Waals surface area (Å²) < 4.78 is 37.7. The van der Waals surface area contributed by atoms with E-state index in [0.29, 0.717) is 78.4 Å². The van der Waals surface area contributed by atoms with Crippen LogP contribution in [0.15, 0.2) is 78.9 Å². The number of aromatic nitrogens is 2. The topological polar surface area (TPSA) is 187 Å². The molecule has 0 bridgehead atoms. The van der Waals surface area contributed by atoms with Crippen molar-refractivity contribution in [2.45, 2.75) is 104 Å². The fraction of sp³-hybridized carbons (Fsp3) is 0.448. The van der Waals surface area contributed by atoms with E-state index in [1.807, 2.05) is 54.0 Å². The number of fused-ring (bicyclic) bond motifs is 2. The SMILES string of the molecule is COc1cc2[nH]c(C)c(C(=O)C(=O)N3CC[C@@H](O)C3)c2cc1C(=O)N1C[C@H](C)N(Cc2ccc(F)cc2)C[C@H]1C.COc1cc2[nH]c(C)cc2cc1C(=O)N1C[C@H](C)N(Cc2ccc(F)cc2)C[C@H]1C.O[C@@H]1CCNC1. The largest absolute Gasteiger partial charge is 0.496 e. The summed E-state index contributed by atoms with van der Waals surface area (Å²) in [6.45, 7) is 18.1. The van der Waals surface area contributed by atoms with Gasteiger partial charge in [-0.2, -0.15) is 0 Å². The number of rotatable bonds is 10. The molecule has 0 radical (unpaired) electrons. The van der Waals surface area contributed by atoms with Gasteiger partial charge in [-0.3, -0.25) is 29.0 Å². The van der Waals surface area contributed by atoms with Crippen molar-refractivity contribution in [1.29, 1.82) is 0 Å². The zero-order chi connectivity index (χ0) is 54.5. The van der Waals surface area contributed by atoms with Crippen LogP contribution >= 0.6 is 0 Å². The number of carbonyl (C=O) groups excluding carboxylic acids is 4. The second-order valence-electron chi connectivity index (χ2n) is 20.9. The molecule has 4 aliphatic heterocycles. The summed E-state index contributed by atoms with van der Waals surface area (Å²) in [7, 11) is 3.09. The quantitative estimate of drug-likeness (QED) is 0.0715. The van der Waals surface area contributed by atoms with E-state index in [-0.39, 0.29) is 65.8 Å². The highest BCUT2D eigenvalue weighted by Crippen LogP contribution is 2.34. The smallest absolute Gasteiger partial charge is 0.295 e. The molecule has 6 aromatic rings. The first-order valence-electron chi connectivity index (χ1n) is 26.2. The molecular weight excluding hydrogens is 975 g/mol. The van der Waals surface area contributed by atoms with Crippen LogP contribution < -0.4 is 14.8 Å². The van der Waals surface area contributed by atoms with Gasteiger partial charge in [0.1, 0.15) is 23.1 Å². The fourth-order valence-corrected chi connectivity index (χ4v) is 10.8. The van der Waals surface area contributed by atoms with Crippen LogP contribution in [0.3, 0.4) is 0 Å². The molecule has 10 rings (SSSR count). The van der Waals surface area contributed by atoms with Gasteiger partial charge in [0.2, 0.25) is 0 Å². The Bertz CT molecular complexity index is 3030. The summed E-state index contributed by atoms with van der Waals surface area (Å²) in [6.07, 6.45) is 0.676. The van der Waals surface area contributed by atoms with Gasteiger partial charge in [0.15, 0.2) is 0 Å². The first kappa shape index (κ1) is 55.5. The minimum absolute atomic E-state index is 0.00612. The van der Waals surface area contributed by atoms with Crippen LogP contribution in [0, 0.1) is 25.5 Å². The second kappa shape index (κ2) is 24.1. The summed E-state index contributed by atoms with van der Waals surface area (Å²) in [5.41, 5.74) is 6.34. The predicted octanol–water partition coefficient (Wildman–Crippen LogP) is 6.83. The lowest BCUT2D eigenvalue weighted by Gasteiger charge is -2.44. The molecule has 76 heavy (non-hydrogen) atoms. The second-order valence-corrected chi connectivity index (χ2v) is 20.9. The summed E-state index contributed by atoms with van der Waals surface area (Å²) >= 11 is 0. The van der Waals surface area contributed by atoms with Crippen molar-refractivity contribution in [2.75, 3.05) is 66.6 Å². The maximum absolute atomic E-state index is 13.9. The van der Waals surface area contributed by atoms with Crippen LogP contribution in [0.1, 0.15) is 94.1 Å². The van der Waals surface area contributed by atoms with E-state index in [4.69, 9.17) is 14.6 Å². The van der Waals surface area contributed by atoms with Crippen molar-refractivity contribution in [3.63, 3.8) is 0 Å². The number of nitrogens with zero attached hydrogens (tertiary/aromatic N) is 5. The first-order valence-corrected chi connectivity index (χ1v) is 26.2. The number of Topliss-reactive ketones (excluding diaryl/α,β-unsaturated/α-hetero) is 1. The standard InChI is InChI=1S/C30H35FN4O5.C24H28FN3O2.C4H9NO/c1-17-14-35(18(2)13-34(17)15-20-5-7-21(31)8-6-20)29(38)24-11-23-25(12-26(24)40-4)32-19(3)27(23)28(37)30(39)33-10-9-22(36)16-33;1-15-9-19-10-21(23(30-4)11-22(19)26-15)24(29)28-13-16(2)27(12-17(28)3)14-18-5-7-20(25)8-6-18;6-4-1-2-5-3-4/h5-8,11-12,17-18,22,32,36H,9-10,13-16H2,1-4H3;5-11,16-17,26H,12-14H2,1-4H3;4-6H,1-3H2/t17-,18+,22+;16-,17+;4-/m001/s1. The number of aliphatic hydroxyl groups excluding tert-OH is 2. The molecular formula is C58H72F2N8O8. The lowest BCUT2D eigenvalue weighted by Crippen LogP contribution is -2.57. The highest BCUT2D eigenvalue weighted by Gasteiger charge is 2.37. The van der Waals surface area contributed by atoms with Crippen LogP contribution in [-0.2, 0) is 17.9 Å². The average Bonchev–Trinajstić information content (AvgIpc) is 4.23. The van der Waals surface area contributed by atoms with Crippen molar-refractivity contribution in [3.05, 3.63) is 130 Å². The number of benzene rings is 4. The number of aliphatic hydroxyl groups is 2.